The monoisotopic (exact) mass is 288 g/mol. The van der Waals surface area contributed by atoms with Crippen LogP contribution in [0, 0.1) is 0 Å². The highest BCUT2D eigenvalue weighted by Gasteiger charge is 2.32. The summed E-state index contributed by atoms with van der Waals surface area (Å²) in [4.78, 5) is 9.44. The van der Waals surface area contributed by atoms with Crippen LogP contribution < -0.4 is 5.73 Å². The summed E-state index contributed by atoms with van der Waals surface area (Å²) in [5.74, 6) is 0.299. The Morgan fingerprint density at radius 2 is 2.05 bits per heavy atom. The van der Waals surface area contributed by atoms with Crippen molar-refractivity contribution in [3.05, 3.63) is 29.6 Å². The van der Waals surface area contributed by atoms with E-state index in [1.54, 1.807) is 0 Å². The Kier molecular flexibility index (Phi) is 4.43. The summed E-state index contributed by atoms with van der Waals surface area (Å²) in [7, 11) is 0. The quantitative estimate of drug-likeness (QED) is 0.657. The van der Waals surface area contributed by atoms with Crippen LogP contribution >= 0.6 is 0 Å². The second kappa shape index (κ2) is 6.08. The number of hydrogen-bond donors (Lipinski definition) is 1. The predicted octanol–water partition coefficient (Wildman–Crippen LogP) is 1.25. The van der Waals surface area contributed by atoms with Crippen LogP contribution in [-0.2, 0) is 17.5 Å². The zero-order valence-electron chi connectivity index (χ0n) is 10.7. The minimum absolute atomic E-state index is 0.0209. The molecule has 5 nitrogen and oxygen atoms in total. The molecule has 2 heterocycles. The average molecular weight is 288 g/mol. The van der Waals surface area contributed by atoms with Gasteiger partial charge in [-0.05, 0) is 12.1 Å². The first-order chi connectivity index (χ1) is 9.47. The maximum absolute atomic E-state index is 12.5. The number of nitrogens with two attached hydrogens (primary N) is 1. The number of halogens is 3. The van der Waals surface area contributed by atoms with Gasteiger partial charge in [0.2, 0.25) is 0 Å². The first-order valence-corrected chi connectivity index (χ1v) is 6.12. The Morgan fingerprint density at radius 3 is 2.70 bits per heavy atom. The maximum atomic E-state index is 12.5. The third-order valence-electron chi connectivity index (χ3n) is 2.84. The van der Waals surface area contributed by atoms with Gasteiger partial charge in [0.1, 0.15) is 5.69 Å². The summed E-state index contributed by atoms with van der Waals surface area (Å²) in [5.41, 5.74) is 5.10. The molecule has 0 bridgehead atoms. The molecule has 0 aliphatic carbocycles. The van der Waals surface area contributed by atoms with Crippen molar-refractivity contribution < 1.29 is 17.9 Å². The van der Waals surface area contributed by atoms with E-state index >= 15 is 0 Å². The van der Waals surface area contributed by atoms with E-state index in [0.29, 0.717) is 32.3 Å². The lowest BCUT2D eigenvalue weighted by Crippen LogP contribution is -2.44. The molecule has 2 N–H and O–H groups in total. The number of guanidine groups is 1. The molecule has 1 saturated heterocycles. The molecule has 0 spiro atoms. The Labute approximate surface area is 114 Å². The molecular formula is C12H15F3N4O. The van der Waals surface area contributed by atoms with Gasteiger partial charge >= 0.3 is 6.18 Å². The van der Waals surface area contributed by atoms with Crippen molar-refractivity contribution in [2.24, 2.45) is 10.7 Å². The van der Waals surface area contributed by atoms with E-state index in [1.807, 2.05) is 4.90 Å². The molecule has 2 rings (SSSR count). The number of morpholine rings is 1. The van der Waals surface area contributed by atoms with Gasteiger partial charge in [-0.1, -0.05) is 6.07 Å². The minimum atomic E-state index is -4.45. The van der Waals surface area contributed by atoms with E-state index in [9.17, 15) is 13.2 Å². The summed E-state index contributed by atoms with van der Waals surface area (Å²) in [5, 5.41) is 0. The second-order valence-electron chi connectivity index (χ2n) is 4.29. The van der Waals surface area contributed by atoms with Crippen molar-refractivity contribution in [1.29, 1.82) is 0 Å². The molecule has 110 valence electrons. The zero-order chi connectivity index (χ0) is 14.6. The normalized spacial score (nSPS) is 17.4. The maximum Gasteiger partial charge on any atom is 0.433 e. The van der Waals surface area contributed by atoms with Crippen LogP contribution in [0.2, 0.25) is 0 Å². The van der Waals surface area contributed by atoms with Crippen LogP contribution in [0.5, 0.6) is 0 Å². The zero-order valence-corrected chi connectivity index (χ0v) is 10.7. The fourth-order valence-electron chi connectivity index (χ4n) is 1.78. The lowest BCUT2D eigenvalue weighted by atomic mass is 10.3. The van der Waals surface area contributed by atoms with Gasteiger partial charge in [0.25, 0.3) is 0 Å². The predicted molar refractivity (Wildman–Crippen MR) is 67.0 cm³/mol. The molecule has 1 aliphatic rings. The van der Waals surface area contributed by atoms with E-state index in [2.05, 4.69) is 9.98 Å². The topological polar surface area (TPSA) is 63.7 Å². The number of rotatable bonds is 2. The van der Waals surface area contributed by atoms with Crippen LogP contribution in [0.4, 0.5) is 13.2 Å². The number of nitrogens with zero attached hydrogens (tertiary/aromatic N) is 3. The standard InChI is InChI=1S/C12H15F3N4O/c13-12(14,15)10-3-1-2-9(18-10)8-17-11(16)19-4-6-20-7-5-19/h1-3H,4-8H2,(H2,16,17). The van der Waals surface area contributed by atoms with Gasteiger partial charge in [0.15, 0.2) is 5.96 Å². The van der Waals surface area contributed by atoms with E-state index in [-0.39, 0.29) is 12.2 Å². The average Bonchev–Trinajstić information content (AvgIpc) is 2.45. The molecular weight excluding hydrogens is 273 g/mol. The first-order valence-electron chi connectivity index (χ1n) is 6.12. The van der Waals surface area contributed by atoms with Crippen molar-refractivity contribution in [2.75, 3.05) is 26.3 Å². The van der Waals surface area contributed by atoms with Gasteiger partial charge in [0.05, 0.1) is 25.5 Å². The molecule has 0 atom stereocenters. The highest BCUT2D eigenvalue weighted by molar-refractivity contribution is 5.78. The van der Waals surface area contributed by atoms with Crippen molar-refractivity contribution in [2.45, 2.75) is 12.7 Å². The molecule has 0 saturated carbocycles. The molecule has 0 amide bonds. The van der Waals surface area contributed by atoms with Gasteiger partial charge in [-0.25, -0.2) is 9.98 Å². The third-order valence-corrected chi connectivity index (χ3v) is 2.84. The van der Waals surface area contributed by atoms with E-state index in [0.717, 1.165) is 6.07 Å². The summed E-state index contributed by atoms with van der Waals surface area (Å²) in [6, 6.07) is 3.73. The number of ether oxygens (including phenoxy) is 1. The largest absolute Gasteiger partial charge is 0.433 e. The van der Waals surface area contributed by atoms with E-state index in [1.165, 1.54) is 12.1 Å². The van der Waals surface area contributed by atoms with Crippen molar-refractivity contribution in [1.82, 2.24) is 9.88 Å². The Balaban J connectivity index is 2.02. The minimum Gasteiger partial charge on any atom is -0.378 e. The molecule has 1 aromatic rings. The Bertz CT molecular complexity index is 484. The SMILES string of the molecule is NC(=NCc1cccc(C(F)(F)F)n1)N1CCOCC1. The molecule has 0 unspecified atom stereocenters. The smallest absolute Gasteiger partial charge is 0.378 e. The van der Waals surface area contributed by atoms with Gasteiger partial charge in [-0.2, -0.15) is 13.2 Å². The Hall–Kier alpha value is -1.83. The first kappa shape index (κ1) is 14.6. The number of aliphatic imine (C=N–C) groups is 1. The van der Waals surface area contributed by atoms with E-state index in [4.69, 9.17) is 10.5 Å². The lowest BCUT2D eigenvalue weighted by molar-refractivity contribution is -0.141. The molecule has 0 radical (unpaired) electrons. The van der Waals surface area contributed by atoms with Crippen molar-refractivity contribution in [3.63, 3.8) is 0 Å². The number of hydrogen-bond acceptors (Lipinski definition) is 3. The lowest BCUT2D eigenvalue weighted by Gasteiger charge is -2.27. The molecule has 1 fully saturated rings. The molecule has 20 heavy (non-hydrogen) atoms. The van der Waals surface area contributed by atoms with Crippen LogP contribution in [0.1, 0.15) is 11.4 Å². The fourth-order valence-corrected chi connectivity index (χ4v) is 1.78. The van der Waals surface area contributed by atoms with Crippen molar-refractivity contribution in [3.8, 4) is 0 Å². The van der Waals surface area contributed by atoms with E-state index < -0.39 is 11.9 Å². The highest BCUT2D eigenvalue weighted by Crippen LogP contribution is 2.27. The van der Waals surface area contributed by atoms with Crippen LogP contribution in [0.15, 0.2) is 23.2 Å². The van der Waals surface area contributed by atoms with Gasteiger partial charge < -0.3 is 15.4 Å². The van der Waals surface area contributed by atoms with Crippen LogP contribution in [-0.4, -0.2) is 42.1 Å². The number of aromatic nitrogens is 1. The molecule has 1 aliphatic heterocycles. The van der Waals surface area contributed by atoms with Crippen LogP contribution in [0.25, 0.3) is 0 Å². The summed E-state index contributed by atoms with van der Waals surface area (Å²) in [6.45, 7) is 2.42. The molecule has 1 aromatic heterocycles. The molecule has 0 aromatic carbocycles. The third kappa shape index (κ3) is 3.83. The second-order valence-corrected chi connectivity index (χ2v) is 4.29. The number of pyridine rings is 1. The van der Waals surface area contributed by atoms with Gasteiger partial charge in [-0.3, -0.25) is 0 Å². The van der Waals surface area contributed by atoms with Crippen molar-refractivity contribution >= 4 is 5.96 Å². The highest BCUT2D eigenvalue weighted by atomic mass is 19.4. The summed E-state index contributed by atoms with van der Waals surface area (Å²) < 4.78 is 42.7. The summed E-state index contributed by atoms with van der Waals surface area (Å²) in [6.07, 6.45) is -4.45. The fraction of sp³-hybridized carbons (Fsp3) is 0.500. The summed E-state index contributed by atoms with van der Waals surface area (Å²) >= 11 is 0. The van der Waals surface area contributed by atoms with Gasteiger partial charge in [-0.15, -0.1) is 0 Å². The Morgan fingerprint density at radius 1 is 1.35 bits per heavy atom. The molecule has 8 heteroatoms. The van der Waals surface area contributed by atoms with Gasteiger partial charge in [0, 0.05) is 13.1 Å². The van der Waals surface area contributed by atoms with Crippen LogP contribution in [0.3, 0.4) is 0 Å². The number of alkyl halides is 3.